The molecule has 0 radical (unpaired) electrons. The number of aryl methyl sites for hydroxylation is 1. The van der Waals surface area contributed by atoms with Gasteiger partial charge in [0.25, 0.3) is 0 Å². The zero-order valence-electron chi connectivity index (χ0n) is 14.8. The molecule has 0 spiro atoms. The van der Waals surface area contributed by atoms with Gasteiger partial charge in [-0.2, -0.15) is 4.98 Å². The van der Waals surface area contributed by atoms with Crippen LogP contribution in [0.1, 0.15) is 29.9 Å². The van der Waals surface area contributed by atoms with Crippen LogP contribution >= 0.6 is 0 Å². The van der Waals surface area contributed by atoms with Crippen molar-refractivity contribution in [2.24, 2.45) is 0 Å². The van der Waals surface area contributed by atoms with E-state index in [4.69, 9.17) is 8.94 Å². The molecule has 1 fully saturated rings. The van der Waals surface area contributed by atoms with E-state index in [0.29, 0.717) is 31.1 Å². The normalized spacial score (nSPS) is 19.3. The van der Waals surface area contributed by atoms with Crippen molar-refractivity contribution >= 4 is 5.91 Å². The number of carbonyl (C=O) groups excluding carboxylic acids is 1. The summed E-state index contributed by atoms with van der Waals surface area (Å²) < 4.78 is 10.8. The average Bonchev–Trinajstić information content (AvgIpc) is 3.43. The molecule has 1 saturated heterocycles. The quantitative estimate of drug-likeness (QED) is 0.596. The number of nitrogens with zero attached hydrogens (tertiary/aromatic N) is 3. The Balaban J connectivity index is 1.25. The second kappa shape index (κ2) is 7.68. The van der Waals surface area contributed by atoms with Crippen LogP contribution in [0.3, 0.4) is 0 Å². The first kappa shape index (κ1) is 17.4. The van der Waals surface area contributed by atoms with Gasteiger partial charge in [-0.25, -0.2) is 10.9 Å². The summed E-state index contributed by atoms with van der Waals surface area (Å²) in [5.74, 6) is 2.55. The summed E-state index contributed by atoms with van der Waals surface area (Å²) in [4.78, 5) is 20.7. The molecule has 3 aromatic heterocycles. The summed E-state index contributed by atoms with van der Waals surface area (Å²) in [5.41, 5.74) is 6.89. The molecular weight excluding hydrogens is 348 g/mol. The maximum absolute atomic E-state index is 12.3. The zero-order valence-corrected chi connectivity index (χ0v) is 14.8. The van der Waals surface area contributed by atoms with Crippen molar-refractivity contribution in [3.63, 3.8) is 0 Å². The Morgan fingerprint density at radius 1 is 1.33 bits per heavy atom. The van der Waals surface area contributed by atoms with Crippen LogP contribution in [-0.2, 0) is 11.2 Å². The fraction of sp³-hybridized carbons (Fsp3) is 0.333. The molecular formula is C18H20N6O3. The van der Waals surface area contributed by atoms with Gasteiger partial charge in [-0.3, -0.25) is 9.78 Å². The number of carbonyl (C=O) groups is 1. The molecule has 0 saturated carbocycles. The van der Waals surface area contributed by atoms with Gasteiger partial charge in [-0.1, -0.05) is 5.16 Å². The van der Waals surface area contributed by atoms with Gasteiger partial charge in [-0.05, 0) is 37.6 Å². The third-order valence-corrected chi connectivity index (χ3v) is 4.35. The molecule has 2 atom stereocenters. The SMILES string of the molecule is Cc1ccc(C2CC(C(=O)NCCc3nc(-c4cccnc4)no3)NN2)o1. The molecule has 9 nitrogen and oxygen atoms in total. The Hall–Kier alpha value is -3.04. The number of nitrogens with one attached hydrogen (secondary N) is 3. The van der Waals surface area contributed by atoms with E-state index in [1.54, 1.807) is 12.4 Å². The van der Waals surface area contributed by atoms with Gasteiger partial charge in [0.2, 0.25) is 17.6 Å². The van der Waals surface area contributed by atoms with Gasteiger partial charge in [0, 0.05) is 30.9 Å². The second-order valence-electron chi connectivity index (χ2n) is 6.37. The zero-order chi connectivity index (χ0) is 18.6. The number of hydrazine groups is 1. The Bertz CT molecular complexity index is 907. The molecule has 140 valence electrons. The second-order valence-corrected chi connectivity index (χ2v) is 6.37. The molecule has 3 aromatic rings. The number of rotatable bonds is 6. The van der Waals surface area contributed by atoms with Crippen LogP contribution < -0.4 is 16.2 Å². The molecule has 1 aliphatic heterocycles. The van der Waals surface area contributed by atoms with Crippen molar-refractivity contribution in [3.8, 4) is 11.4 Å². The molecule has 0 bridgehead atoms. The van der Waals surface area contributed by atoms with Crippen LogP contribution in [0, 0.1) is 6.92 Å². The van der Waals surface area contributed by atoms with Gasteiger partial charge in [0.15, 0.2) is 0 Å². The van der Waals surface area contributed by atoms with Crippen LogP contribution in [0.15, 0.2) is 45.6 Å². The highest BCUT2D eigenvalue weighted by molar-refractivity contribution is 5.82. The lowest BCUT2D eigenvalue weighted by atomic mass is 10.1. The van der Waals surface area contributed by atoms with E-state index in [-0.39, 0.29) is 18.0 Å². The molecule has 27 heavy (non-hydrogen) atoms. The molecule has 2 unspecified atom stereocenters. The lowest BCUT2D eigenvalue weighted by molar-refractivity contribution is -0.122. The molecule has 4 heterocycles. The molecule has 0 aliphatic carbocycles. The first-order valence-electron chi connectivity index (χ1n) is 8.77. The van der Waals surface area contributed by atoms with Crippen molar-refractivity contribution in [1.82, 2.24) is 31.3 Å². The molecule has 1 amide bonds. The minimum atomic E-state index is -0.325. The lowest BCUT2D eigenvalue weighted by Gasteiger charge is -2.09. The van der Waals surface area contributed by atoms with E-state index in [9.17, 15) is 4.79 Å². The van der Waals surface area contributed by atoms with E-state index >= 15 is 0 Å². The summed E-state index contributed by atoms with van der Waals surface area (Å²) in [5, 5.41) is 6.82. The summed E-state index contributed by atoms with van der Waals surface area (Å²) >= 11 is 0. The Morgan fingerprint density at radius 3 is 3.04 bits per heavy atom. The Morgan fingerprint density at radius 2 is 2.26 bits per heavy atom. The highest BCUT2D eigenvalue weighted by atomic mass is 16.5. The number of hydrogen-bond acceptors (Lipinski definition) is 8. The van der Waals surface area contributed by atoms with Gasteiger partial charge >= 0.3 is 0 Å². The van der Waals surface area contributed by atoms with Crippen molar-refractivity contribution < 1.29 is 13.7 Å². The molecule has 3 N–H and O–H groups in total. The third kappa shape index (κ3) is 4.04. The number of aromatic nitrogens is 3. The molecule has 4 rings (SSSR count). The minimum absolute atomic E-state index is 0.0209. The maximum Gasteiger partial charge on any atom is 0.238 e. The predicted molar refractivity (Wildman–Crippen MR) is 95.1 cm³/mol. The Labute approximate surface area is 155 Å². The minimum Gasteiger partial charge on any atom is -0.465 e. The highest BCUT2D eigenvalue weighted by Crippen LogP contribution is 2.24. The maximum atomic E-state index is 12.3. The van der Waals surface area contributed by atoms with Gasteiger partial charge in [0.05, 0.1) is 6.04 Å². The van der Waals surface area contributed by atoms with E-state index < -0.39 is 0 Å². The van der Waals surface area contributed by atoms with E-state index in [2.05, 4.69) is 31.3 Å². The van der Waals surface area contributed by atoms with Crippen LogP contribution in [0.4, 0.5) is 0 Å². The first-order valence-corrected chi connectivity index (χ1v) is 8.77. The standard InChI is InChI=1S/C18H20N6O3/c1-11-4-5-15(26-11)13-9-14(23-22-13)18(25)20-8-6-16-21-17(24-27-16)12-3-2-7-19-10-12/h2-5,7,10,13-14,22-23H,6,8-9H2,1H3,(H,20,25). The van der Waals surface area contributed by atoms with Crippen molar-refractivity contribution in [1.29, 1.82) is 0 Å². The monoisotopic (exact) mass is 368 g/mol. The van der Waals surface area contributed by atoms with Crippen molar-refractivity contribution in [2.45, 2.75) is 31.8 Å². The predicted octanol–water partition coefficient (Wildman–Crippen LogP) is 1.30. The van der Waals surface area contributed by atoms with Crippen LogP contribution in [0.5, 0.6) is 0 Å². The number of pyridine rings is 1. The number of furan rings is 1. The van der Waals surface area contributed by atoms with Crippen LogP contribution in [0.25, 0.3) is 11.4 Å². The Kier molecular flexibility index (Phi) is 4.95. The summed E-state index contributed by atoms with van der Waals surface area (Å²) in [7, 11) is 0. The molecule has 0 aromatic carbocycles. The first-order chi connectivity index (χ1) is 13.2. The van der Waals surface area contributed by atoms with E-state index in [1.165, 1.54) is 0 Å². The number of hydrogen-bond donors (Lipinski definition) is 3. The topological polar surface area (TPSA) is 118 Å². The summed E-state index contributed by atoms with van der Waals surface area (Å²) in [6, 6.07) is 7.16. The number of amides is 1. The summed E-state index contributed by atoms with van der Waals surface area (Å²) in [6.45, 7) is 2.31. The lowest BCUT2D eigenvalue weighted by Crippen LogP contribution is -2.43. The average molecular weight is 368 g/mol. The van der Waals surface area contributed by atoms with E-state index in [0.717, 1.165) is 17.1 Å². The van der Waals surface area contributed by atoms with Gasteiger partial charge in [0.1, 0.15) is 17.6 Å². The van der Waals surface area contributed by atoms with Crippen molar-refractivity contribution in [2.75, 3.05) is 6.54 Å². The van der Waals surface area contributed by atoms with Crippen LogP contribution in [0.2, 0.25) is 0 Å². The smallest absolute Gasteiger partial charge is 0.238 e. The van der Waals surface area contributed by atoms with Crippen LogP contribution in [-0.4, -0.2) is 33.6 Å². The summed E-state index contributed by atoms with van der Waals surface area (Å²) in [6.07, 6.45) is 4.43. The highest BCUT2D eigenvalue weighted by Gasteiger charge is 2.31. The van der Waals surface area contributed by atoms with Gasteiger partial charge in [-0.15, -0.1) is 0 Å². The van der Waals surface area contributed by atoms with Crippen molar-refractivity contribution in [3.05, 3.63) is 54.1 Å². The molecule has 1 aliphatic rings. The van der Waals surface area contributed by atoms with Gasteiger partial charge < -0.3 is 14.3 Å². The fourth-order valence-corrected chi connectivity index (χ4v) is 2.94. The third-order valence-electron chi connectivity index (χ3n) is 4.35. The largest absolute Gasteiger partial charge is 0.465 e. The molecule has 9 heteroatoms. The fourth-order valence-electron chi connectivity index (χ4n) is 2.94. The van der Waals surface area contributed by atoms with E-state index in [1.807, 2.05) is 31.2 Å².